The predicted octanol–water partition coefficient (Wildman–Crippen LogP) is 0.619. The van der Waals surface area contributed by atoms with Crippen LogP contribution < -0.4 is 5.32 Å². The lowest BCUT2D eigenvalue weighted by Gasteiger charge is -2.38. The number of hydrogen-bond acceptors (Lipinski definition) is 6. The molecule has 3 aliphatic heterocycles. The van der Waals surface area contributed by atoms with Gasteiger partial charge in [0.1, 0.15) is 11.9 Å². The number of rotatable bonds is 3. The zero-order valence-electron chi connectivity index (χ0n) is 13.0. The number of ether oxygens (including phenoxy) is 2. The van der Waals surface area contributed by atoms with Crippen molar-refractivity contribution >= 4 is 5.90 Å². The maximum absolute atomic E-state index is 5.92. The fourth-order valence-electron chi connectivity index (χ4n) is 2.92. The zero-order valence-corrected chi connectivity index (χ0v) is 13.0. The van der Waals surface area contributed by atoms with Crippen molar-refractivity contribution in [3.8, 4) is 0 Å². The van der Waals surface area contributed by atoms with Crippen LogP contribution >= 0.6 is 0 Å². The Morgan fingerprint density at radius 2 is 2.14 bits per heavy atom. The van der Waals surface area contributed by atoms with Crippen LogP contribution in [-0.4, -0.2) is 73.8 Å². The molecule has 0 aromatic heterocycles. The van der Waals surface area contributed by atoms with Crippen LogP contribution in [0.25, 0.3) is 0 Å². The van der Waals surface area contributed by atoms with Crippen molar-refractivity contribution in [3.63, 3.8) is 0 Å². The summed E-state index contributed by atoms with van der Waals surface area (Å²) in [5.41, 5.74) is 0. The summed E-state index contributed by atoms with van der Waals surface area (Å²) in [6.07, 6.45) is 3.14. The minimum Gasteiger partial charge on any atom is -0.474 e. The second-order valence-corrected chi connectivity index (χ2v) is 6.11. The van der Waals surface area contributed by atoms with E-state index in [1.54, 1.807) is 0 Å². The lowest BCUT2D eigenvalue weighted by atomic mass is 10.2. The summed E-state index contributed by atoms with van der Waals surface area (Å²) < 4.78 is 11.3. The molecule has 6 heteroatoms. The van der Waals surface area contributed by atoms with Gasteiger partial charge in [-0.25, -0.2) is 0 Å². The Labute approximate surface area is 126 Å². The lowest BCUT2D eigenvalue weighted by molar-refractivity contribution is 0.123. The van der Waals surface area contributed by atoms with Crippen LogP contribution in [0.1, 0.15) is 20.3 Å². The van der Waals surface area contributed by atoms with Gasteiger partial charge in [0, 0.05) is 44.8 Å². The van der Waals surface area contributed by atoms with Gasteiger partial charge in [0.15, 0.2) is 0 Å². The molecule has 0 amide bonds. The molecule has 2 fully saturated rings. The molecule has 3 aliphatic rings. The smallest absolute Gasteiger partial charge is 0.210 e. The summed E-state index contributed by atoms with van der Waals surface area (Å²) >= 11 is 0. The van der Waals surface area contributed by atoms with E-state index < -0.39 is 0 Å². The zero-order chi connectivity index (χ0) is 14.7. The minimum absolute atomic E-state index is 0.169. The first-order valence-corrected chi connectivity index (χ1v) is 7.97. The highest BCUT2D eigenvalue weighted by Crippen LogP contribution is 2.16. The largest absolute Gasteiger partial charge is 0.474 e. The van der Waals surface area contributed by atoms with E-state index in [-0.39, 0.29) is 6.10 Å². The molecule has 0 aromatic carbocycles. The average molecular weight is 294 g/mol. The van der Waals surface area contributed by atoms with Gasteiger partial charge in [0.2, 0.25) is 5.90 Å². The van der Waals surface area contributed by atoms with Gasteiger partial charge in [0.05, 0.1) is 19.8 Å². The molecule has 3 heterocycles. The Morgan fingerprint density at radius 3 is 2.81 bits per heavy atom. The third-order valence-electron chi connectivity index (χ3n) is 4.28. The van der Waals surface area contributed by atoms with Crippen molar-refractivity contribution in [2.24, 2.45) is 4.99 Å². The van der Waals surface area contributed by atoms with Crippen LogP contribution in [0.2, 0.25) is 0 Å². The van der Waals surface area contributed by atoms with Gasteiger partial charge in [-0.05, 0) is 13.8 Å². The summed E-state index contributed by atoms with van der Waals surface area (Å²) in [7, 11) is 0. The Balaban J connectivity index is 1.55. The average Bonchev–Trinajstić information content (AvgIpc) is 3.00. The highest BCUT2D eigenvalue weighted by Gasteiger charge is 2.24. The fraction of sp³-hybridized carbons (Fsp3) is 0.800. The summed E-state index contributed by atoms with van der Waals surface area (Å²) in [5, 5.41) is 3.28. The van der Waals surface area contributed by atoms with E-state index in [1.807, 2.05) is 6.20 Å². The summed E-state index contributed by atoms with van der Waals surface area (Å²) in [4.78, 5) is 9.52. The van der Waals surface area contributed by atoms with E-state index in [4.69, 9.17) is 9.47 Å². The number of piperazine rings is 1. The molecule has 0 aromatic rings. The summed E-state index contributed by atoms with van der Waals surface area (Å²) in [6, 6.07) is 0.621. The van der Waals surface area contributed by atoms with Crippen LogP contribution in [0, 0.1) is 0 Å². The first-order chi connectivity index (χ1) is 10.2. The van der Waals surface area contributed by atoms with Gasteiger partial charge in [-0.3, -0.25) is 4.90 Å². The maximum atomic E-state index is 5.92. The number of hydrogen-bond donors (Lipinski definition) is 1. The summed E-state index contributed by atoms with van der Waals surface area (Å²) in [5.74, 6) is 1.79. The predicted molar refractivity (Wildman–Crippen MR) is 82.1 cm³/mol. The van der Waals surface area contributed by atoms with Gasteiger partial charge in [0.25, 0.3) is 0 Å². The van der Waals surface area contributed by atoms with E-state index in [9.17, 15) is 0 Å². The number of nitrogens with one attached hydrogen (secondary N) is 1. The van der Waals surface area contributed by atoms with Crippen LogP contribution in [0.3, 0.4) is 0 Å². The van der Waals surface area contributed by atoms with E-state index >= 15 is 0 Å². The molecule has 1 N–H and O–H groups in total. The molecule has 1 unspecified atom stereocenters. The van der Waals surface area contributed by atoms with Gasteiger partial charge >= 0.3 is 0 Å². The highest BCUT2D eigenvalue weighted by molar-refractivity contribution is 5.80. The standard InChI is InChI=1S/C15H26N4O2/c1-12(2)18-4-6-19(7-5-18)14-9-16-10-15(17-14)21-13-3-8-20-11-13/h9,12-13,16H,3-8,10-11H2,1-2H3. The molecule has 2 saturated heterocycles. The molecule has 3 rings (SSSR count). The van der Waals surface area contributed by atoms with Crippen LogP contribution in [-0.2, 0) is 9.47 Å². The second-order valence-electron chi connectivity index (χ2n) is 6.11. The Hall–Kier alpha value is -1.27. The normalized spacial score (nSPS) is 27.4. The molecular weight excluding hydrogens is 268 g/mol. The number of aliphatic imine (C=N–C) groups is 1. The van der Waals surface area contributed by atoms with Gasteiger partial charge in [-0.15, -0.1) is 0 Å². The SMILES string of the molecule is CC(C)N1CCN(C2=CNCC(OC3CCOC3)=N2)CC1. The lowest BCUT2D eigenvalue weighted by Crippen LogP contribution is -2.48. The molecule has 118 valence electrons. The molecule has 21 heavy (non-hydrogen) atoms. The first kappa shape index (κ1) is 14.7. The molecule has 0 saturated carbocycles. The Bertz CT molecular complexity index is 408. The summed E-state index contributed by atoms with van der Waals surface area (Å²) in [6.45, 7) is 10.9. The number of nitrogens with zero attached hydrogens (tertiary/aromatic N) is 3. The quantitative estimate of drug-likeness (QED) is 0.827. The minimum atomic E-state index is 0.169. The van der Waals surface area contributed by atoms with Gasteiger partial charge < -0.3 is 19.7 Å². The topological polar surface area (TPSA) is 49.3 Å². The van der Waals surface area contributed by atoms with E-state index in [0.717, 1.165) is 50.9 Å². The first-order valence-electron chi connectivity index (χ1n) is 7.97. The van der Waals surface area contributed by atoms with Crippen LogP contribution in [0.15, 0.2) is 17.0 Å². The molecule has 0 bridgehead atoms. The third kappa shape index (κ3) is 3.68. The van der Waals surface area contributed by atoms with E-state index in [2.05, 4.69) is 34.0 Å². The van der Waals surface area contributed by atoms with Crippen LogP contribution in [0.5, 0.6) is 0 Å². The Kier molecular flexibility index (Phi) is 4.65. The van der Waals surface area contributed by atoms with Crippen molar-refractivity contribution in [2.45, 2.75) is 32.4 Å². The van der Waals surface area contributed by atoms with Crippen molar-refractivity contribution in [2.75, 3.05) is 45.9 Å². The molecule has 0 radical (unpaired) electrons. The molecule has 0 spiro atoms. The molecular formula is C15H26N4O2. The van der Waals surface area contributed by atoms with Crippen molar-refractivity contribution in [1.29, 1.82) is 0 Å². The molecule has 0 aliphatic carbocycles. The van der Waals surface area contributed by atoms with Crippen molar-refractivity contribution in [1.82, 2.24) is 15.1 Å². The molecule has 6 nitrogen and oxygen atoms in total. The highest BCUT2D eigenvalue weighted by atomic mass is 16.5. The van der Waals surface area contributed by atoms with Crippen molar-refractivity contribution < 1.29 is 9.47 Å². The molecule has 1 atom stereocenters. The maximum Gasteiger partial charge on any atom is 0.210 e. The Morgan fingerprint density at radius 1 is 1.33 bits per heavy atom. The second kappa shape index (κ2) is 6.66. The monoisotopic (exact) mass is 294 g/mol. The fourth-order valence-corrected chi connectivity index (χ4v) is 2.92. The van der Waals surface area contributed by atoms with Gasteiger partial charge in [-0.2, -0.15) is 4.99 Å². The van der Waals surface area contributed by atoms with Crippen molar-refractivity contribution in [3.05, 3.63) is 12.0 Å². The van der Waals surface area contributed by atoms with Crippen LogP contribution in [0.4, 0.5) is 0 Å². The van der Waals surface area contributed by atoms with Gasteiger partial charge in [-0.1, -0.05) is 0 Å². The van der Waals surface area contributed by atoms with E-state index in [1.165, 1.54) is 0 Å². The third-order valence-corrected chi connectivity index (χ3v) is 4.28. The van der Waals surface area contributed by atoms with E-state index in [0.29, 0.717) is 19.2 Å².